The van der Waals surface area contributed by atoms with E-state index in [-0.39, 0.29) is 24.1 Å². The van der Waals surface area contributed by atoms with Gasteiger partial charge in [0.25, 0.3) is 5.91 Å². The van der Waals surface area contributed by atoms with Gasteiger partial charge in [0.05, 0.1) is 18.0 Å². The topological polar surface area (TPSA) is 137 Å². The summed E-state index contributed by atoms with van der Waals surface area (Å²) in [5.74, 6) is 0.793. The third-order valence-electron chi connectivity index (χ3n) is 4.65. The number of nitrogens with one attached hydrogen (secondary N) is 1. The van der Waals surface area contributed by atoms with Crippen molar-refractivity contribution in [2.75, 3.05) is 36.8 Å². The molecule has 0 radical (unpaired) electrons. The SMILES string of the molecule is Nc1nc2c(c(N3CCN(C(=O)c4cn[nH]n4)CC(O)C3)n1)CCC2. The van der Waals surface area contributed by atoms with Crippen molar-refractivity contribution in [3.05, 3.63) is 23.1 Å². The number of fused-ring (bicyclic) bond motifs is 1. The summed E-state index contributed by atoms with van der Waals surface area (Å²) in [4.78, 5) is 24.8. The number of nitrogens with two attached hydrogens (primary N) is 1. The molecule has 3 heterocycles. The fraction of sp³-hybridized carbons (Fsp3) is 0.533. The van der Waals surface area contributed by atoms with Crippen LogP contribution in [0, 0.1) is 0 Å². The molecule has 0 bridgehead atoms. The van der Waals surface area contributed by atoms with Gasteiger partial charge in [-0.25, -0.2) is 4.98 Å². The van der Waals surface area contributed by atoms with E-state index in [4.69, 9.17) is 5.73 Å². The van der Waals surface area contributed by atoms with E-state index in [0.29, 0.717) is 19.6 Å². The lowest BCUT2D eigenvalue weighted by Crippen LogP contribution is -2.37. The Bertz CT molecular complexity index is 778. The number of amides is 1. The fourth-order valence-electron chi connectivity index (χ4n) is 3.53. The van der Waals surface area contributed by atoms with Gasteiger partial charge in [-0.15, -0.1) is 0 Å². The van der Waals surface area contributed by atoms with E-state index in [1.807, 2.05) is 4.90 Å². The van der Waals surface area contributed by atoms with E-state index in [1.54, 1.807) is 4.90 Å². The number of anilines is 2. The molecular formula is C15H20N8O2. The predicted octanol–water partition coefficient (Wildman–Crippen LogP) is -1.01. The first-order valence-electron chi connectivity index (χ1n) is 8.35. The van der Waals surface area contributed by atoms with Crippen molar-refractivity contribution in [2.45, 2.75) is 25.4 Å². The molecule has 0 aromatic carbocycles. The number of aromatic amines is 1. The lowest BCUT2D eigenvalue weighted by atomic mass is 10.2. The average molecular weight is 344 g/mol. The van der Waals surface area contributed by atoms with Crippen LogP contribution >= 0.6 is 0 Å². The normalized spacial score (nSPS) is 20.4. The zero-order chi connectivity index (χ0) is 17.4. The average Bonchev–Trinajstić information content (AvgIpc) is 3.23. The summed E-state index contributed by atoms with van der Waals surface area (Å²) in [5, 5.41) is 20.3. The summed E-state index contributed by atoms with van der Waals surface area (Å²) >= 11 is 0. The van der Waals surface area contributed by atoms with Crippen molar-refractivity contribution in [1.82, 2.24) is 30.3 Å². The van der Waals surface area contributed by atoms with E-state index in [1.165, 1.54) is 6.20 Å². The minimum atomic E-state index is -0.688. The van der Waals surface area contributed by atoms with Crippen molar-refractivity contribution in [2.24, 2.45) is 0 Å². The van der Waals surface area contributed by atoms with Gasteiger partial charge in [0.15, 0.2) is 5.69 Å². The highest BCUT2D eigenvalue weighted by Crippen LogP contribution is 2.30. The number of rotatable bonds is 2. The Balaban J connectivity index is 1.57. The van der Waals surface area contributed by atoms with Crippen LogP contribution in [0.5, 0.6) is 0 Å². The van der Waals surface area contributed by atoms with Gasteiger partial charge >= 0.3 is 0 Å². The van der Waals surface area contributed by atoms with Crippen LogP contribution in [0.2, 0.25) is 0 Å². The molecule has 132 valence electrons. The molecule has 0 saturated carbocycles. The number of hydrogen-bond acceptors (Lipinski definition) is 8. The van der Waals surface area contributed by atoms with Gasteiger partial charge in [-0.1, -0.05) is 0 Å². The molecule has 1 unspecified atom stereocenters. The van der Waals surface area contributed by atoms with Crippen LogP contribution in [0.3, 0.4) is 0 Å². The van der Waals surface area contributed by atoms with Crippen molar-refractivity contribution >= 4 is 17.7 Å². The number of aryl methyl sites for hydroxylation is 1. The maximum atomic E-state index is 12.5. The molecule has 2 aromatic rings. The number of H-pyrrole nitrogens is 1. The Morgan fingerprint density at radius 3 is 2.96 bits per heavy atom. The maximum Gasteiger partial charge on any atom is 0.276 e. The molecule has 2 aromatic heterocycles. The predicted molar refractivity (Wildman–Crippen MR) is 89.0 cm³/mol. The van der Waals surface area contributed by atoms with E-state index < -0.39 is 6.10 Å². The largest absolute Gasteiger partial charge is 0.389 e. The van der Waals surface area contributed by atoms with Crippen molar-refractivity contribution < 1.29 is 9.90 Å². The summed E-state index contributed by atoms with van der Waals surface area (Å²) in [7, 11) is 0. The van der Waals surface area contributed by atoms with E-state index >= 15 is 0 Å². The Morgan fingerprint density at radius 1 is 1.28 bits per heavy atom. The van der Waals surface area contributed by atoms with Crippen molar-refractivity contribution in [1.29, 1.82) is 0 Å². The molecule has 4 N–H and O–H groups in total. The van der Waals surface area contributed by atoms with Crippen LogP contribution in [0.25, 0.3) is 0 Å². The Kier molecular flexibility index (Phi) is 3.96. The molecule has 1 saturated heterocycles. The quantitative estimate of drug-likeness (QED) is 0.630. The summed E-state index contributed by atoms with van der Waals surface area (Å²) in [5.41, 5.74) is 8.21. The zero-order valence-corrected chi connectivity index (χ0v) is 13.7. The number of hydrogen-bond donors (Lipinski definition) is 3. The first kappa shape index (κ1) is 15.8. The van der Waals surface area contributed by atoms with Gasteiger partial charge in [-0.05, 0) is 19.3 Å². The number of carbonyl (C=O) groups is 1. The molecule has 1 aliphatic carbocycles. The van der Waals surface area contributed by atoms with Crippen LogP contribution in [0.1, 0.15) is 28.2 Å². The molecule has 10 heteroatoms. The Hall–Kier alpha value is -2.75. The van der Waals surface area contributed by atoms with E-state index in [2.05, 4.69) is 25.4 Å². The summed E-state index contributed by atoms with van der Waals surface area (Å²) in [6.07, 6.45) is 3.55. The highest BCUT2D eigenvalue weighted by Gasteiger charge is 2.29. The molecule has 25 heavy (non-hydrogen) atoms. The van der Waals surface area contributed by atoms with Crippen LogP contribution in [0.4, 0.5) is 11.8 Å². The summed E-state index contributed by atoms with van der Waals surface area (Å²) in [6.45, 7) is 1.65. The van der Waals surface area contributed by atoms with Crippen molar-refractivity contribution in [3.8, 4) is 0 Å². The number of nitrogen functional groups attached to an aromatic ring is 1. The molecule has 1 fully saturated rings. The van der Waals surface area contributed by atoms with Gasteiger partial charge in [-0.3, -0.25) is 4.79 Å². The third kappa shape index (κ3) is 3.00. The van der Waals surface area contributed by atoms with Crippen molar-refractivity contribution in [3.63, 3.8) is 0 Å². The third-order valence-corrected chi connectivity index (χ3v) is 4.65. The maximum absolute atomic E-state index is 12.5. The fourth-order valence-corrected chi connectivity index (χ4v) is 3.53. The number of carbonyl (C=O) groups excluding carboxylic acids is 1. The lowest BCUT2D eigenvalue weighted by molar-refractivity contribution is 0.0668. The molecule has 0 spiro atoms. The highest BCUT2D eigenvalue weighted by atomic mass is 16.3. The number of nitrogens with zero attached hydrogens (tertiary/aromatic N) is 6. The smallest absolute Gasteiger partial charge is 0.276 e. The first-order valence-corrected chi connectivity index (χ1v) is 8.35. The van der Waals surface area contributed by atoms with Crippen LogP contribution in [-0.4, -0.2) is 73.6 Å². The number of aliphatic hydroxyl groups is 1. The van der Waals surface area contributed by atoms with Gasteiger partial charge in [0, 0.05) is 31.7 Å². The standard InChI is InChI=1S/C15H20N8O2/c16-15-18-11-3-1-2-10(11)13(19-15)22-4-5-23(8-9(24)7-22)14(25)12-6-17-21-20-12/h6,9,24H,1-5,7-8H2,(H2,16,18,19)(H,17,20,21). The first-order chi connectivity index (χ1) is 12.1. The zero-order valence-electron chi connectivity index (χ0n) is 13.7. The van der Waals surface area contributed by atoms with Crippen LogP contribution < -0.4 is 10.6 Å². The molecule has 2 aliphatic rings. The molecule has 1 amide bonds. The lowest BCUT2D eigenvalue weighted by Gasteiger charge is -2.25. The van der Waals surface area contributed by atoms with Gasteiger partial charge < -0.3 is 20.6 Å². The van der Waals surface area contributed by atoms with Gasteiger partial charge in [0.1, 0.15) is 5.82 Å². The summed E-state index contributed by atoms with van der Waals surface area (Å²) < 4.78 is 0. The Labute approximate surface area is 144 Å². The number of β-amino-alcohol motifs (C(OH)–C–C–N with tert-alkyl or cyclic N) is 1. The van der Waals surface area contributed by atoms with Crippen LogP contribution in [0.15, 0.2) is 6.20 Å². The molecule has 10 nitrogen and oxygen atoms in total. The van der Waals surface area contributed by atoms with Gasteiger partial charge in [0.2, 0.25) is 5.95 Å². The second-order valence-electron chi connectivity index (χ2n) is 6.39. The number of aliphatic hydroxyl groups excluding tert-OH is 1. The molecule has 1 aliphatic heterocycles. The second-order valence-corrected chi connectivity index (χ2v) is 6.39. The highest BCUT2D eigenvalue weighted by molar-refractivity contribution is 5.92. The van der Waals surface area contributed by atoms with Gasteiger partial charge in [-0.2, -0.15) is 20.4 Å². The minimum absolute atomic E-state index is 0.241. The summed E-state index contributed by atoms with van der Waals surface area (Å²) in [6, 6.07) is 0. The number of aromatic nitrogens is 5. The molecule has 4 rings (SSSR count). The second kappa shape index (κ2) is 6.28. The van der Waals surface area contributed by atoms with E-state index in [9.17, 15) is 9.90 Å². The molecular weight excluding hydrogens is 324 g/mol. The minimum Gasteiger partial charge on any atom is -0.389 e. The molecule has 1 atom stereocenters. The Morgan fingerprint density at radius 2 is 2.16 bits per heavy atom. The monoisotopic (exact) mass is 344 g/mol. The van der Waals surface area contributed by atoms with E-state index in [0.717, 1.165) is 36.3 Å². The van der Waals surface area contributed by atoms with Crippen LogP contribution in [-0.2, 0) is 12.8 Å².